The van der Waals surface area contributed by atoms with Crippen molar-refractivity contribution in [2.24, 2.45) is 5.92 Å². The first-order chi connectivity index (χ1) is 8.08. The van der Waals surface area contributed by atoms with Gasteiger partial charge >= 0.3 is 0 Å². The highest BCUT2D eigenvalue weighted by Crippen LogP contribution is 2.29. The fourth-order valence-corrected chi connectivity index (χ4v) is 3.77. The van der Waals surface area contributed by atoms with Gasteiger partial charge in [-0.25, -0.2) is 0 Å². The fraction of sp³-hybridized carbons (Fsp3) is 0.615. The molecule has 0 bridgehead atoms. The Hall–Kier alpha value is -0.350. The zero-order chi connectivity index (χ0) is 12.4. The summed E-state index contributed by atoms with van der Waals surface area (Å²) in [5, 5.41) is 0. The van der Waals surface area contributed by atoms with Gasteiger partial charge in [-0.15, -0.1) is 11.3 Å². The maximum Gasteiger partial charge on any atom is 0.263 e. The van der Waals surface area contributed by atoms with E-state index in [0.717, 1.165) is 27.4 Å². The zero-order valence-electron chi connectivity index (χ0n) is 10.3. The molecule has 0 aromatic carbocycles. The molecule has 2 rings (SSSR count). The van der Waals surface area contributed by atoms with E-state index in [1.54, 1.807) is 0 Å². The Morgan fingerprint density at radius 1 is 1.35 bits per heavy atom. The van der Waals surface area contributed by atoms with Gasteiger partial charge in [-0.05, 0) is 59.7 Å². The van der Waals surface area contributed by atoms with Crippen molar-refractivity contribution in [2.75, 3.05) is 7.05 Å². The zero-order valence-corrected chi connectivity index (χ0v) is 12.7. The molecule has 0 radical (unpaired) electrons. The quantitative estimate of drug-likeness (QED) is 0.802. The van der Waals surface area contributed by atoms with Gasteiger partial charge in [0.2, 0.25) is 0 Å². The third kappa shape index (κ3) is 3.10. The number of nitrogens with zero attached hydrogens (tertiary/aromatic N) is 1. The summed E-state index contributed by atoms with van der Waals surface area (Å²) in [5.74, 6) is 0.992. The molecular formula is C13H18BrNOS. The minimum atomic E-state index is 0.167. The van der Waals surface area contributed by atoms with E-state index >= 15 is 0 Å². The summed E-state index contributed by atoms with van der Waals surface area (Å²) in [4.78, 5) is 15.0. The van der Waals surface area contributed by atoms with Crippen LogP contribution in [0.1, 0.15) is 42.3 Å². The molecule has 1 aromatic rings. The summed E-state index contributed by atoms with van der Waals surface area (Å²) >= 11 is 4.92. The maximum atomic E-state index is 12.3. The van der Waals surface area contributed by atoms with E-state index in [4.69, 9.17) is 0 Å². The van der Waals surface area contributed by atoms with Crippen LogP contribution in [0.25, 0.3) is 0 Å². The van der Waals surface area contributed by atoms with E-state index < -0.39 is 0 Å². The van der Waals surface area contributed by atoms with Crippen molar-refractivity contribution >= 4 is 33.2 Å². The number of carbonyl (C=O) groups is 1. The van der Waals surface area contributed by atoms with E-state index in [-0.39, 0.29) is 5.91 Å². The van der Waals surface area contributed by atoms with Crippen LogP contribution in [0.3, 0.4) is 0 Å². The van der Waals surface area contributed by atoms with Crippen molar-refractivity contribution in [3.8, 4) is 0 Å². The molecule has 0 unspecified atom stereocenters. The smallest absolute Gasteiger partial charge is 0.263 e. The molecule has 94 valence electrons. The van der Waals surface area contributed by atoms with Crippen molar-refractivity contribution in [3.05, 3.63) is 20.8 Å². The van der Waals surface area contributed by atoms with Crippen molar-refractivity contribution in [2.45, 2.75) is 38.6 Å². The third-order valence-electron chi connectivity index (χ3n) is 3.64. The summed E-state index contributed by atoms with van der Waals surface area (Å²) < 4.78 is 1.02. The monoisotopic (exact) mass is 315 g/mol. The highest BCUT2D eigenvalue weighted by molar-refractivity contribution is 9.11. The average Bonchev–Trinajstić information content (AvgIpc) is 2.75. The molecule has 0 spiro atoms. The van der Waals surface area contributed by atoms with Crippen molar-refractivity contribution in [3.63, 3.8) is 0 Å². The Balaban J connectivity index is 2.00. The molecule has 0 atom stereocenters. The van der Waals surface area contributed by atoms with Crippen LogP contribution in [0.5, 0.6) is 0 Å². The Labute approximate surface area is 115 Å². The van der Waals surface area contributed by atoms with Gasteiger partial charge in [-0.2, -0.15) is 0 Å². The molecule has 1 aliphatic carbocycles. The van der Waals surface area contributed by atoms with Crippen molar-refractivity contribution in [1.29, 1.82) is 0 Å². The second kappa shape index (κ2) is 5.53. The molecule has 0 N–H and O–H groups in total. The van der Waals surface area contributed by atoms with Gasteiger partial charge in [0, 0.05) is 13.1 Å². The molecule has 1 fully saturated rings. The summed E-state index contributed by atoms with van der Waals surface area (Å²) in [5.41, 5.74) is 0. The van der Waals surface area contributed by atoms with Gasteiger partial charge in [-0.1, -0.05) is 6.92 Å². The first-order valence-electron chi connectivity index (χ1n) is 6.10. The Morgan fingerprint density at radius 2 is 2.00 bits per heavy atom. The summed E-state index contributed by atoms with van der Waals surface area (Å²) in [6, 6.07) is 4.27. The lowest BCUT2D eigenvalue weighted by Gasteiger charge is -2.33. The number of carbonyl (C=O) groups excluding carboxylic acids is 1. The van der Waals surface area contributed by atoms with Gasteiger partial charge in [0.05, 0.1) is 8.66 Å². The number of hydrogen-bond acceptors (Lipinski definition) is 2. The number of rotatable bonds is 2. The lowest BCUT2D eigenvalue weighted by molar-refractivity contribution is 0.0684. The normalized spacial score (nSPS) is 24.6. The van der Waals surface area contributed by atoms with Gasteiger partial charge in [0.25, 0.3) is 5.91 Å². The van der Waals surface area contributed by atoms with Crippen molar-refractivity contribution in [1.82, 2.24) is 4.90 Å². The Morgan fingerprint density at radius 3 is 2.53 bits per heavy atom. The standard InChI is InChI=1S/C13H18BrNOS/c1-9-3-5-10(6-4-9)15(2)13(16)11-7-8-12(14)17-11/h7-10H,3-6H2,1-2H3. The van der Waals surface area contributed by atoms with Crippen LogP contribution < -0.4 is 0 Å². The van der Waals surface area contributed by atoms with E-state index in [1.807, 2.05) is 24.1 Å². The van der Waals surface area contributed by atoms with Gasteiger partial charge in [0.15, 0.2) is 0 Å². The number of thiophene rings is 1. The summed E-state index contributed by atoms with van der Waals surface area (Å²) in [6.45, 7) is 2.30. The molecule has 1 saturated carbocycles. The van der Waals surface area contributed by atoms with Crippen LogP contribution in [0.15, 0.2) is 15.9 Å². The molecule has 1 amide bonds. The number of hydrogen-bond donors (Lipinski definition) is 0. The predicted octanol–water partition coefficient (Wildman–Crippen LogP) is 4.16. The van der Waals surface area contributed by atoms with Crippen LogP contribution in [-0.4, -0.2) is 23.9 Å². The van der Waals surface area contributed by atoms with E-state index in [0.29, 0.717) is 6.04 Å². The van der Waals surface area contributed by atoms with Crippen LogP contribution in [0.4, 0.5) is 0 Å². The Bertz CT molecular complexity index is 396. The molecule has 0 aliphatic heterocycles. The molecule has 2 nitrogen and oxygen atoms in total. The highest BCUT2D eigenvalue weighted by atomic mass is 79.9. The SMILES string of the molecule is CC1CCC(N(C)C(=O)c2ccc(Br)s2)CC1. The van der Waals surface area contributed by atoms with Crippen LogP contribution in [0.2, 0.25) is 0 Å². The third-order valence-corrected chi connectivity index (χ3v) is 5.25. The molecule has 4 heteroatoms. The summed E-state index contributed by atoms with van der Waals surface area (Å²) in [7, 11) is 1.94. The Kier molecular flexibility index (Phi) is 4.26. The number of amides is 1. The minimum Gasteiger partial charge on any atom is -0.338 e. The van der Waals surface area contributed by atoms with Crippen LogP contribution in [0, 0.1) is 5.92 Å². The largest absolute Gasteiger partial charge is 0.338 e. The van der Waals surface area contributed by atoms with Gasteiger partial charge in [-0.3, -0.25) is 4.79 Å². The molecule has 17 heavy (non-hydrogen) atoms. The molecule has 0 saturated heterocycles. The van der Waals surface area contributed by atoms with Crippen LogP contribution in [-0.2, 0) is 0 Å². The summed E-state index contributed by atoms with van der Waals surface area (Å²) in [6.07, 6.45) is 4.79. The van der Waals surface area contributed by atoms with Gasteiger partial charge in [0.1, 0.15) is 0 Å². The first-order valence-corrected chi connectivity index (χ1v) is 7.71. The minimum absolute atomic E-state index is 0.167. The lowest BCUT2D eigenvalue weighted by Crippen LogP contribution is -2.38. The molecule has 1 heterocycles. The van der Waals surface area contributed by atoms with Gasteiger partial charge < -0.3 is 4.90 Å². The predicted molar refractivity (Wildman–Crippen MR) is 75.5 cm³/mol. The fourth-order valence-electron chi connectivity index (χ4n) is 2.40. The maximum absolute atomic E-state index is 12.3. The van der Waals surface area contributed by atoms with Crippen molar-refractivity contribution < 1.29 is 4.79 Å². The second-order valence-corrected chi connectivity index (χ2v) is 7.40. The van der Waals surface area contributed by atoms with E-state index in [2.05, 4.69) is 22.9 Å². The van der Waals surface area contributed by atoms with E-state index in [1.165, 1.54) is 24.2 Å². The van der Waals surface area contributed by atoms with Crippen LogP contribution >= 0.6 is 27.3 Å². The first kappa shape index (κ1) is 13.1. The topological polar surface area (TPSA) is 20.3 Å². The molecule has 1 aliphatic rings. The average molecular weight is 316 g/mol. The highest BCUT2D eigenvalue weighted by Gasteiger charge is 2.25. The second-order valence-electron chi connectivity index (χ2n) is 4.93. The molecule has 1 aromatic heterocycles. The number of halogens is 1. The molecular weight excluding hydrogens is 298 g/mol. The lowest BCUT2D eigenvalue weighted by atomic mass is 9.87. The van der Waals surface area contributed by atoms with E-state index in [9.17, 15) is 4.79 Å².